The van der Waals surface area contributed by atoms with Gasteiger partial charge in [0.15, 0.2) is 0 Å². The fourth-order valence-corrected chi connectivity index (χ4v) is 2.09. The molecule has 4 nitrogen and oxygen atoms in total. The molecule has 5 heteroatoms. The molecule has 0 bridgehead atoms. The minimum absolute atomic E-state index is 0.407. The van der Waals surface area contributed by atoms with Crippen molar-refractivity contribution in [2.24, 2.45) is 0 Å². The van der Waals surface area contributed by atoms with E-state index in [0.29, 0.717) is 12.0 Å². The average molecular weight is 230 g/mol. The molecule has 1 atom stereocenters. The molecule has 15 heavy (non-hydrogen) atoms. The first-order valence-electron chi connectivity index (χ1n) is 5.44. The van der Waals surface area contributed by atoms with Crippen LogP contribution >= 0.6 is 11.6 Å². The first-order valence-corrected chi connectivity index (χ1v) is 5.98. The summed E-state index contributed by atoms with van der Waals surface area (Å²) < 4.78 is 7.67. The number of aromatic nitrogens is 3. The molecule has 1 aromatic heterocycles. The zero-order chi connectivity index (χ0) is 10.5. The Balaban J connectivity index is 1.81. The van der Waals surface area contributed by atoms with Crippen molar-refractivity contribution < 1.29 is 4.74 Å². The Morgan fingerprint density at radius 1 is 1.53 bits per heavy atom. The van der Waals surface area contributed by atoms with Crippen LogP contribution in [-0.4, -0.2) is 27.5 Å². The fraction of sp³-hybridized carbons (Fsp3) is 0.800. The third kappa shape index (κ3) is 2.92. The SMILES string of the molecule is ClCc1nncn1CCC1CCCCO1. The molecule has 1 aliphatic rings. The lowest BCUT2D eigenvalue weighted by Gasteiger charge is -2.22. The first-order chi connectivity index (χ1) is 7.40. The fourth-order valence-electron chi connectivity index (χ4n) is 1.89. The van der Waals surface area contributed by atoms with Crippen molar-refractivity contribution in [3.63, 3.8) is 0 Å². The zero-order valence-electron chi connectivity index (χ0n) is 8.73. The van der Waals surface area contributed by atoms with Crippen LogP contribution in [0.25, 0.3) is 0 Å². The smallest absolute Gasteiger partial charge is 0.147 e. The molecule has 1 fully saturated rings. The van der Waals surface area contributed by atoms with Crippen LogP contribution in [0.4, 0.5) is 0 Å². The predicted octanol–water partition coefficient (Wildman–Crippen LogP) is 1.98. The van der Waals surface area contributed by atoms with Gasteiger partial charge in [-0.15, -0.1) is 21.8 Å². The average Bonchev–Trinajstić information content (AvgIpc) is 2.75. The summed E-state index contributed by atoms with van der Waals surface area (Å²) in [4.78, 5) is 0. The van der Waals surface area contributed by atoms with Crippen LogP contribution in [0.15, 0.2) is 6.33 Å². The van der Waals surface area contributed by atoms with Crippen LogP contribution in [0.1, 0.15) is 31.5 Å². The number of ether oxygens (including phenoxy) is 1. The lowest BCUT2D eigenvalue weighted by Crippen LogP contribution is -2.21. The van der Waals surface area contributed by atoms with Crippen molar-refractivity contribution in [2.75, 3.05) is 6.61 Å². The Labute approximate surface area is 94.6 Å². The number of nitrogens with zero attached hydrogens (tertiary/aromatic N) is 3. The number of alkyl halides is 1. The van der Waals surface area contributed by atoms with E-state index in [1.165, 1.54) is 19.3 Å². The Bertz CT molecular complexity index is 297. The molecular formula is C10H16ClN3O. The van der Waals surface area contributed by atoms with Gasteiger partial charge < -0.3 is 9.30 Å². The largest absolute Gasteiger partial charge is 0.378 e. The van der Waals surface area contributed by atoms with Crippen molar-refractivity contribution in [3.8, 4) is 0 Å². The van der Waals surface area contributed by atoms with Crippen molar-refractivity contribution in [3.05, 3.63) is 12.2 Å². The maximum Gasteiger partial charge on any atom is 0.147 e. The lowest BCUT2D eigenvalue weighted by atomic mass is 10.1. The molecule has 2 rings (SSSR count). The summed E-state index contributed by atoms with van der Waals surface area (Å²) in [6, 6.07) is 0. The molecule has 0 saturated carbocycles. The lowest BCUT2D eigenvalue weighted by molar-refractivity contribution is 0.00871. The molecule has 0 N–H and O–H groups in total. The van der Waals surface area contributed by atoms with Gasteiger partial charge in [0.1, 0.15) is 12.2 Å². The summed E-state index contributed by atoms with van der Waals surface area (Å²) in [5, 5.41) is 7.78. The summed E-state index contributed by atoms with van der Waals surface area (Å²) in [7, 11) is 0. The van der Waals surface area contributed by atoms with Gasteiger partial charge in [0.25, 0.3) is 0 Å². The Morgan fingerprint density at radius 3 is 3.20 bits per heavy atom. The summed E-state index contributed by atoms with van der Waals surface area (Å²) in [5.74, 6) is 1.26. The van der Waals surface area contributed by atoms with E-state index in [0.717, 1.165) is 25.4 Å². The van der Waals surface area contributed by atoms with Gasteiger partial charge >= 0.3 is 0 Å². The van der Waals surface area contributed by atoms with Crippen LogP contribution < -0.4 is 0 Å². The molecule has 1 unspecified atom stereocenters. The summed E-state index contributed by atoms with van der Waals surface area (Å²) in [6.45, 7) is 1.81. The highest BCUT2D eigenvalue weighted by Gasteiger charge is 2.14. The molecule has 1 saturated heterocycles. The second kappa shape index (κ2) is 5.47. The topological polar surface area (TPSA) is 39.9 Å². The summed E-state index contributed by atoms with van der Waals surface area (Å²) >= 11 is 5.74. The van der Waals surface area contributed by atoms with E-state index in [2.05, 4.69) is 10.2 Å². The van der Waals surface area contributed by atoms with Crippen molar-refractivity contribution >= 4 is 11.6 Å². The Hall–Kier alpha value is -0.610. The van der Waals surface area contributed by atoms with Gasteiger partial charge in [-0.05, 0) is 25.7 Å². The quantitative estimate of drug-likeness (QED) is 0.742. The number of hydrogen-bond acceptors (Lipinski definition) is 3. The van der Waals surface area contributed by atoms with Crippen LogP contribution in [0, 0.1) is 0 Å². The number of aryl methyl sites for hydroxylation is 1. The highest BCUT2D eigenvalue weighted by molar-refractivity contribution is 6.16. The van der Waals surface area contributed by atoms with Gasteiger partial charge in [0.2, 0.25) is 0 Å². The molecule has 0 amide bonds. The second-order valence-electron chi connectivity index (χ2n) is 3.85. The number of halogens is 1. The number of hydrogen-bond donors (Lipinski definition) is 0. The Morgan fingerprint density at radius 2 is 2.47 bits per heavy atom. The van der Waals surface area contributed by atoms with Gasteiger partial charge in [0.05, 0.1) is 12.0 Å². The zero-order valence-corrected chi connectivity index (χ0v) is 9.49. The standard InChI is InChI=1S/C10H16ClN3O/c11-7-10-13-12-8-14(10)5-4-9-3-1-2-6-15-9/h8-9H,1-7H2. The van der Waals surface area contributed by atoms with Gasteiger partial charge in [-0.25, -0.2) is 0 Å². The first kappa shape index (κ1) is 10.9. The second-order valence-corrected chi connectivity index (χ2v) is 4.12. The number of rotatable bonds is 4. The van der Waals surface area contributed by atoms with E-state index in [4.69, 9.17) is 16.3 Å². The molecule has 2 heterocycles. The van der Waals surface area contributed by atoms with Gasteiger partial charge in [-0.1, -0.05) is 0 Å². The van der Waals surface area contributed by atoms with E-state index in [1.54, 1.807) is 6.33 Å². The van der Waals surface area contributed by atoms with Gasteiger partial charge in [0, 0.05) is 13.2 Å². The summed E-state index contributed by atoms with van der Waals surface area (Å²) in [6.07, 6.45) is 6.84. The molecule has 0 radical (unpaired) electrons. The monoisotopic (exact) mass is 229 g/mol. The van der Waals surface area contributed by atoms with Gasteiger partial charge in [-0.3, -0.25) is 0 Å². The molecule has 84 valence electrons. The van der Waals surface area contributed by atoms with Crippen molar-refractivity contribution in [1.29, 1.82) is 0 Å². The van der Waals surface area contributed by atoms with E-state index < -0.39 is 0 Å². The molecule has 0 aromatic carbocycles. The van der Waals surface area contributed by atoms with E-state index >= 15 is 0 Å². The predicted molar refractivity (Wildman–Crippen MR) is 57.8 cm³/mol. The van der Waals surface area contributed by atoms with E-state index in [-0.39, 0.29) is 0 Å². The molecule has 0 spiro atoms. The minimum atomic E-state index is 0.407. The minimum Gasteiger partial charge on any atom is -0.378 e. The van der Waals surface area contributed by atoms with Gasteiger partial charge in [-0.2, -0.15) is 0 Å². The molecular weight excluding hydrogens is 214 g/mol. The third-order valence-electron chi connectivity index (χ3n) is 2.78. The van der Waals surface area contributed by atoms with Crippen LogP contribution in [-0.2, 0) is 17.2 Å². The van der Waals surface area contributed by atoms with Crippen LogP contribution in [0.2, 0.25) is 0 Å². The van der Waals surface area contributed by atoms with Crippen molar-refractivity contribution in [1.82, 2.24) is 14.8 Å². The third-order valence-corrected chi connectivity index (χ3v) is 3.02. The van der Waals surface area contributed by atoms with Crippen LogP contribution in [0.5, 0.6) is 0 Å². The highest BCUT2D eigenvalue weighted by Crippen LogP contribution is 2.16. The van der Waals surface area contributed by atoms with Crippen LogP contribution in [0.3, 0.4) is 0 Å². The molecule has 0 aliphatic carbocycles. The van der Waals surface area contributed by atoms with Crippen molar-refractivity contribution in [2.45, 2.75) is 44.2 Å². The molecule has 1 aromatic rings. The normalized spacial score (nSPS) is 21.8. The van der Waals surface area contributed by atoms with E-state index in [1.807, 2.05) is 4.57 Å². The Kier molecular flexibility index (Phi) is 3.97. The maximum absolute atomic E-state index is 5.74. The highest BCUT2D eigenvalue weighted by atomic mass is 35.5. The maximum atomic E-state index is 5.74. The van der Waals surface area contributed by atoms with E-state index in [9.17, 15) is 0 Å². The summed E-state index contributed by atoms with van der Waals surface area (Å²) in [5.41, 5.74) is 0. The molecule has 1 aliphatic heterocycles.